The molecule has 108 valence electrons. The molecule has 0 saturated carbocycles. The fourth-order valence-corrected chi connectivity index (χ4v) is 2.37. The van der Waals surface area contributed by atoms with Crippen LogP contribution < -0.4 is 5.32 Å². The number of piperazine rings is 1. The van der Waals surface area contributed by atoms with Crippen LogP contribution in [0, 0.1) is 18.6 Å². The zero-order valence-electron chi connectivity index (χ0n) is 10.8. The zero-order valence-corrected chi connectivity index (χ0v) is 11.6. The summed E-state index contributed by atoms with van der Waals surface area (Å²) in [5, 5.41) is 12.7. The monoisotopic (exact) mass is 292 g/mol. The van der Waals surface area contributed by atoms with E-state index in [0.29, 0.717) is 18.7 Å². The quantitative estimate of drug-likeness (QED) is 0.889. The maximum atomic E-state index is 14.1. The Morgan fingerprint density at radius 2 is 1.95 bits per heavy atom. The number of nitrogens with zero attached hydrogens (tertiary/aromatic N) is 1. The van der Waals surface area contributed by atoms with Crippen LogP contribution in [0.25, 0.3) is 0 Å². The van der Waals surface area contributed by atoms with Crippen LogP contribution in [0.1, 0.15) is 17.2 Å². The topological polar surface area (TPSA) is 35.5 Å². The minimum Gasteiger partial charge on any atom is -0.394 e. The summed E-state index contributed by atoms with van der Waals surface area (Å²) in [6.07, 6.45) is 0. The van der Waals surface area contributed by atoms with Crippen LogP contribution in [0.5, 0.6) is 0 Å². The normalized spacial score (nSPS) is 17.9. The second-order valence-corrected chi connectivity index (χ2v) is 4.58. The lowest BCUT2D eigenvalue weighted by atomic mass is 10.0. The summed E-state index contributed by atoms with van der Waals surface area (Å²) in [5.41, 5.74) is 0.388. The second-order valence-electron chi connectivity index (χ2n) is 4.58. The molecule has 3 nitrogen and oxygen atoms in total. The maximum absolute atomic E-state index is 14.1. The van der Waals surface area contributed by atoms with E-state index in [4.69, 9.17) is 0 Å². The molecule has 0 bridgehead atoms. The molecule has 2 N–H and O–H groups in total. The first-order valence-corrected chi connectivity index (χ1v) is 6.15. The van der Waals surface area contributed by atoms with E-state index in [-0.39, 0.29) is 24.6 Å². The third-order valence-electron chi connectivity index (χ3n) is 3.42. The Hall–Kier alpha value is -0.750. The summed E-state index contributed by atoms with van der Waals surface area (Å²) in [5.74, 6) is -1.14. The van der Waals surface area contributed by atoms with Crippen LogP contribution in [0.2, 0.25) is 0 Å². The molecule has 0 spiro atoms. The highest BCUT2D eigenvalue weighted by Crippen LogP contribution is 2.27. The Kier molecular flexibility index (Phi) is 6.13. The van der Waals surface area contributed by atoms with Crippen LogP contribution in [0.4, 0.5) is 8.78 Å². The van der Waals surface area contributed by atoms with Gasteiger partial charge in [0.25, 0.3) is 0 Å². The molecule has 19 heavy (non-hydrogen) atoms. The van der Waals surface area contributed by atoms with Gasteiger partial charge in [0, 0.05) is 31.7 Å². The molecule has 1 saturated heterocycles. The Morgan fingerprint density at radius 1 is 1.32 bits per heavy atom. The van der Waals surface area contributed by atoms with Gasteiger partial charge in [-0.05, 0) is 18.6 Å². The van der Waals surface area contributed by atoms with E-state index in [9.17, 15) is 13.9 Å². The van der Waals surface area contributed by atoms with Crippen molar-refractivity contribution in [1.82, 2.24) is 10.2 Å². The van der Waals surface area contributed by atoms with Crippen molar-refractivity contribution in [1.29, 1.82) is 0 Å². The van der Waals surface area contributed by atoms with Gasteiger partial charge in [0.05, 0.1) is 12.6 Å². The number of aryl methyl sites for hydroxylation is 1. The molecular formula is C13H19ClF2N2O. The molecule has 2 rings (SSSR count). The van der Waals surface area contributed by atoms with Crippen molar-refractivity contribution in [2.24, 2.45) is 0 Å². The van der Waals surface area contributed by atoms with Gasteiger partial charge in [0.1, 0.15) is 11.6 Å². The fraction of sp³-hybridized carbons (Fsp3) is 0.538. The molecule has 0 aliphatic carbocycles. The van der Waals surface area contributed by atoms with Crippen molar-refractivity contribution < 1.29 is 13.9 Å². The predicted octanol–water partition coefficient (Wildman–Crippen LogP) is 1.63. The van der Waals surface area contributed by atoms with Crippen LogP contribution in [0.3, 0.4) is 0 Å². The molecule has 1 aliphatic rings. The number of hydrogen-bond acceptors (Lipinski definition) is 3. The van der Waals surface area contributed by atoms with Gasteiger partial charge in [-0.3, -0.25) is 4.90 Å². The maximum Gasteiger partial charge on any atom is 0.133 e. The van der Waals surface area contributed by atoms with Gasteiger partial charge in [-0.25, -0.2) is 8.78 Å². The second kappa shape index (κ2) is 7.14. The van der Waals surface area contributed by atoms with Gasteiger partial charge < -0.3 is 10.4 Å². The predicted molar refractivity (Wildman–Crippen MR) is 72.6 cm³/mol. The Morgan fingerprint density at radius 3 is 2.53 bits per heavy atom. The van der Waals surface area contributed by atoms with E-state index < -0.39 is 17.7 Å². The lowest BCUT2D eigenvalue weighted by Crippen LogP contribution is -2.46. The molecule has 1 fully saturated rings. The smallest absolute Gasteiger partial charge is 0.133 e. The number of nitrogens with one attached hydrogen (secondary N) is 1. The highest BCUT2D eigenvalue weighted by molar-refractivity contribution is 5.85. The SMILES string of the molecule is Cc1ccc(F)c([C@H](CO)N2CCNCC2)c1F.Cl. The number of hydrogen-bond donors (Lipinski definition) is 2. The summed E-state index contributed by atoms with van der Waals surface area (Å²) in [6.45, 7) is 4.22. The zero-order chi connectivity index (χ0) is 13.1. The van der Waals surface area contributed by atoms with Gasteiger partial charge in [-0.2, -0.15) is 0 Å². The van der Waals surface area contributed by atoms with Crippen LogP contribution >= 0.6 is 12.4 Å². The molecular weight excluding hydrogens is 274 g/mol. The average molecular weight is 293 g/mol. The van der Waals surface area contributed by atoms with Gasteiger partial charge >= 0.3 is 0 Å². The first-order valence-electron chi connectivity index (χ1n) is 6.15. The van der Waals surface area contributed by atoms with E-state index >= 15 is 0 Å². The molecule has 1 aromatic carbocycles. The van der Waals surface area contributed by atoms with Crippen LogP contribution in [0.15, 0.2) is 12.1 Å². The lowest BCUT2D eigenvalue weighted by molar-refractivity contribution is 0.105. The third-order valence-corrected chi connectivity index (χ3v) is 3.42. The van der Waals surface area contributed by atoms with Crippen LogP contribution in [-0.2, 0) is 0 Å². The summed E-state index contributed by atoms with van der Waals surface area (Å²) in [6, 6.07) is 2.07. The summed E-state index contributed by atoms with van der Waals surface area (Å²) in [7, 11) is 0. The standard InChI is InChI=1S/C13H18F2N2O.ClH/c1-9-2-3-10(14)12(13(9)15)11(8-18)17-6-4-16-5-7-17;/h2-3,11,16,18H,4-8H2,1H3;1H/t11-;/m0./s1. The van der Waals surface area contributed by atoms with Gasteiger partial charge in [-0.15, -0.1) is 12.4 Å². The fourth-order valence-electron chi connectivity index (χ4n) is 2.37. The molecule has 6 heteroatoms. The average Bonchev–Trinajstić information content (AvgIpc) is 2.40. The number of benzene rings is 1. The lowest BCUT2D eigenvalue weighted by Gasteiger charge is -2.34. The van der Waals surface area contributed by atoms with Crippen molar-refractivity contribution in [3.8, 4) is 0 Å². The summed E-state index contributed by atoms with van der Waals surface area (Å²) < 4.78 is 27.9. The number of rotatable bonds is 3. The molecule has 1 aromatic rings. The van der Waals surface area contributed by atoms with Crippen molar-refractivity contribution in [3.63, 3.8) is 0 Å². The molecule has 1 aliphatic heterocycles. The van der Waals surface area contributed by atoms with Crippen LogP contribution in [-0.4, -0.2) is 42.8 Å². The van der Waals surface area contributed by atoms with Crippen molar-refractivity contribution in [2.75, 3.05) is 32.8 Å². The first-order chi connectivity index (χ1) is 8.65. The molecule has 0 radical (unpaired) electrons. The third kappa shape index (κ3) is 3.42. The Bertz CT molecular complexity index is 425. The highest BCUT2D eigenvalue weighted by atomic mass is 35.5. The summed E-state index contributed by atoms with van der Waals surface area (Å²) >= 11 is 0. The Balaban J connectivity index is 0.00000180. The van der Waals surface area contributed by atoms with Gasteiger partial charge in [0.2, 0.25) is 0 Å². The first kappa shape index (κ1) is 16.3. The molecule has 0 amide bonds. The van der Waals surface area contributed by atoms with Crippen molar-refractivity contribution in [3.05, 3.63) is 34.9 Å². The van der Waals surface area contributed by atoms with E-state index in [1.54, 1.807) is 6.92 Å². The minimum atomic E-state index is -0.605. The highest BCUT2D eigenvalue weighted by Gasteiger charge is 2.27. The van der Waals surface area contributed by atoms with E-state index in [1.165, 1.54) is 12.1 Å². The summed E-state index contributed by atoms with van der Waals surface area (Å²) in [4.78, 5) is 1.91. The van der Waals surface area contributed by atoms with Crippen molar-refractivity contribution in [2.45, 2.75) is 13.0 Å². The molecule has 0 unspecified atom stereocenters. The van der Waals surface area contributed by atoms with Gasteiger partial charge in [0.15, 0.2) is 0 Å². The molecule has 1 atom stereocenters. The van der Waals surface area contributed by atoms with E-state index in [0.717, 1.165) is 13.1 Å². The number of aliphatic hydroxyl groups excluding tert-OH is 1. The minimum absolute atomic E-state index is 0. The molecule has 0 aromatic heterocycles. The molecule has 1 heterocycles. The van der Waals surface area contributed by atoms with Gasteiger partial charge in [-0.1, -0.05) is 6.07 Å². The number of halogens is 3. The van der Waals surface area contributed by atoms with Crippen molar-refractivity contribution >= 4 is 12.4 Å². The number of aliphatic hydroxyl groups is 1. The largest absolute Gasteiger partial charge is 0.394 e. The Labute approximate surface area is 118 Å². The van der Waals surface area contributed by atoms with E-state index in [1.807, 2.05) is 4.90 Å². The van der Waals surface area contributed by atoms with E-state index in [2.05, 4.69) is 5.32 Å².